The molecule has 0 fully saturated rings. The Kier molecular flexibility index (Phi) is 21.4. The maximum absolute atomic E-state index is 10.6. The lowest BCUT2D eigenvalue weighted by Gasteiger charge is -2.02. The van der Waals surface area contributed by atoms with Crippen LogP contribution in [0.5, 0.6) is 5.75 Å². The molecule has 0 spiro atoms. The molecule has 0 bridgehead atoms. The summed E-state index contributed by atoms with van der Waals surface area (Å²) in [6.45, 7) is 4.13. The molecular weight excluding hydrogens is 348 g/mol. The molecule has 0 amide bonds. The summed E-state index contributed by atoms with van der Waals surface area (Å²) in [7, 11) is 0. The van der Waals surface area contributed by atoms with Gasteiger partial charge in [-0.15, -0.1) is 0 Å². The quantitative estimate of drug-likeness (QED) is 0.312. The molecule has 0 radical (unpaired) electrons. The van der Waals surface area contributed by atoms with Crippen LogP contribution in [0.15, 0.2) is 35.1 Å². The van der Waals surface area contributed by atoms with Crippen LogP contribution in [-0.4, -0.2) is 44.5 Å². The highest BCUT2D eigenvalue weighted by Crippen LogP contribution is 2.05. The van der Waals surface area contributed by atoms with Gasteiger partial charge >= 0.3 is 0 Å². The third kappa shape index (κ3) is 22.5. The molecule has 0 saturated heterocycles. The fourth-order valence-corrected chi connectivity index (χ4v) is 1.98. The normalized spacial score (nSPS) is 11.1. The summed E-state index contributed by atoms with van der Waals surface area (Å²) in [6.07, 6.45) is 7.56. The number of aliphatic hydroxyl groups is 4. The maximum Gasteiger partial charge on any atom is 0.220 e. The maximum atomic E-state index is 10.6. The molecule has 0 aromatic heterocycles. The zero-order chi connectivity index (χ0) is 20.9. The van der Waals surface area contributed by atoms with Crippen molar-refractivity contribution in [2.75, 3.05) is 6.61 Å². The predicted octanol–water partition coefficient (Wildman–Crippen LogP) is 2.94. The standard InChI is InChI=1S/C8H18O2.C7H6O2.C6H14O2/c1-2-3-4-5-6-7-8(9)10;8-6-4-2-1-3-5-7(6)9;1-2-3-4-6(8)5-7/h8-10H,2-7H2,1H3;1-5H,(H,8,9);6-8H,2-5H2,1H3. The van der Waals surface area contributed by atoms with Gasteiger partial charge in [-0.05, 0) is 31.4 Å². The predicted molar refractivity (Wildman–Crippen MR) is 109 cm³/mol. The van der Waals surface area contributed by atoms with Crippen molar-refractivity contribution >= 4 is 0 Å². The van der Waals surface area contributed by atoms with Crippen molar-refractivity contribution in [3.63, 3.8) is 0 Å². The average molecular weight is 387 g/mol. The van der Waals surface area contributed by atoms with Crippen LogP contribution in [0.25, 0.3) is 0 Å². The summed E-state index contributed by atoms with van der Waals surface area (Å²) in [6, 6.07) is 7.55. The second-order valence-electron chi connectivity index (χ2n) is 6.32. The highest BCUT2D eigenvalue weighted by molar-refractivity contribution is 5.17. The molecule has 1 unspecified atom stereocenters. The average Bonchev–Trinajstić information content (AvgIpc) is 2.84. The number of aromatic hydroxyl groups is 1. The highest BCUT2D eigenvalue weighted by Gasteiger charge is 1.98. The van der Waals surface area contributed by atoms with Gasteiger partial charge in [-0.2, -0.15) is 0 Å². The SMILES string of the molecule is CCCCC(O)CO.CCCCCCCC(O)O.O=c1cccccc1O. The second-order valence-corrected chi connectivity index (χ2v) is 6.32. The van der Waals surface area contributed by atoms with E-state index in [1.165, 1.54) is 31.4 Å². The zero-order valence-corrected chi connectivity index (χ0v) is 16.8. The number of hydrogen-bond donors (Lipinski definition) is 5. The van der Waals surface area contributed by atoms with E-state index in [9.17, 15) is 4.79 Å². The van der Waals surface area contributed by atoms with E-state index < -0.39 is 12.4 Å². The van der Waals surface area contributed by atoms with E-state index in [-0.39, 0.29) is 17.8 Å². The van der Waals surface area contributed by atoms with E-state index in [0.717, 1.165) is 32.1 Å². The Morgan fingerprint density at radius 2 is 1.41 bits per heavy atom. The molecule has 0 aliphatic heterocycles. The molecule has 6 nitrogen and oxygen atoms in total. The summed E-state index contributed by atoms with van der Waals surface area (Å²) in [5.74, 6) is -0.208. The van der Waals surface area contributed by atoms with E-state index in [1.54, 1.807) is 18.2 Å². The topological polar surface area (TPSA) is 118 Å². The van der Waals surface area contributed by atoms with Gasteiger partial charge < -0.3 is 25.5 Å². The molecule has 0 aliphatic carbocycles. The highest BCUT2D eigenvalue weighted by atomic mass is 16.5. The molecule has 0 aliphatic rings. The van der Waals surface area contributed by atoms with Crippen LogP contribution in [0.2, 0.25) is 0 Å². The number of hydrogen-bond acceptors (Lipinski definition) is 6. The van der Waals surface area contributed by atoms with Crippen LogP contribution in [0, 0.1) is 0 Å². The van der Waals surface area contributed by atoms with Crippen LogP contribution < -0.4 is 5.43 Å². The Bertz CT molecular complexity index is 478. The van der Waals surface area contributed by atoms with E-state index in [1.807, 2.05) is 0 Å². The third-order valence-electron chi connectivity index (χ3n) is 3.64. The minimum absolute atomic E-state index is 0.0972. The fraction of sp³-hybridized carbons (Fsp3) is 0.667. The first kappa shape index (κ1) is 27.7. The summed E-state index contributed by atoms with van der Waals surface area (Å²) >= 11 is 0. The number of unbranched alkanes of at least 4 members (excludes halogenated alkanes) is 5. The van der Waals surface area contributed by atoms with Crippen molar-refractivity contribution in [1.29, 1.82) is 0 Å². The van der Waals surface area contributed by atoms with Gasteiger partial charge in [0.1, 0.15) is 0 Å². The van der Waals surface area contributed by atoms with Crippen LogP contribution in [0.4, 0.5) is 0 Å². The molecular formula is C21H38O6. The molecule has 5 N–H and O–H groups in total. The summed E-state index contributed by atoms with van der Waals surface area (Å²) < 4.78 is 0. The van der Waals surface area contributed by atoms with E-state index in [4.69, 9.17) is 25.5 Å². The van der Waals surface area contributed by atoms with Gasteiger partial charge in [0.25, 0.3) is 0 Å². The number of rotatable bonds is 10. The first-order valence-corrected chi connectivity index (χ1v) is 9.82. The monoisotopic (exact) mass is 386 g/mol. The second kappa shape index (κ2) is 20.8. The minimum Gasteiger partial charge on any atom is -0.504 e. The largest absolute Gasteiger partial charge is 0.504 e. The van der Waals surface area contributed by atoms with Crippen LogP contribution in [0.3, 0.4) is 0 Å². The minimum atomic E-state index is -1.10. The molecule has 158 valence electrons. The van der Waals surface area contributed by atoms with Gasteiger partial charge in [-0.3, -0.25) is 4.79 Å². The van der Waals surface area contributed by atoms with Gasteiger partial charge in [-0.25, -0.2) is 0 Å². The van der Waals surface area contributed by atoms with Crippen molar-refractivity contribution in [3.05, 3.63) is 40.6 Å². The molecule has 1 aromatic rings. The lowest BCUT2D eigenvalue weighted by Crippen LogP contribution is -2.10. The molecule has 0 saturated carbocycles. The summed E-state index contributed by atoms with van der Waals surface area (Å²) in [5.41, 5.74) is -0.347. The van der Waals surface area contributed by atoms with Crippen molar-refractivity contribution in [1.82, 2.24) is 0 Å². The molecule has 1 atom stereocenters. The summed E-state index contributed by atoms with van der Waals surface area (Å²) in [5, 5.41) is 42.7. The van der Waals surface area contributed by atoms with Gasteiger partial charge in [0, 0.05) is 0 Å². The van der Waals surface area contributed by atoms with Crippen LogP contribution in [-0.2, 0) is 0 Å². The Hall–Kier alpha value is -1.47. The van der Waals surface area contributed by atoms with Gasteiger partial charge in [-0.1, -0.05) is 70.6 Å². The third-order valence-corrected chi connectivity index (χ3v) is 3.64. The van der Waals surface area contributed by atoms with Crippen molar-refractivity contribution in [2.24, 2.45) is 0 Å². The Morgan fingerprint density at radius 1 is 0.815 bits per heavy atom. The zero-order valence-electron chi connectivity index (χ0n) is 16.8. The first-order chi connectivity index (χ1) is 12.9. The lowest BCUT2D eigenvalue weighted by atomic mass is 10.1. The Labute approximate surface area is 163 Å². The molecule has 6 heteroatoms. The van der Waals surface area contributed by atoms with Crippen molar-refractivity contribution in [3.8, 4) is 5.75 Å². The first-order valence-electron chi connectivity index (χ1n) is 9.82. The molecule has 0 heterocycles. The van der Waals surface area contributed by atoms with Crippen molar-refractivity contribution < 1.29 is 25.5 Å². The van der Waals surface area contributed by atoms with Crippen LogP contribution >= 0.6 is 0 Å². The van der Waals surface area contributed by atoms with Crippen molar-refractivity contribution in [2.45, 2.75) is 84.0 Å². The number of aliphatic hydroxyl groups excluding tert-OH is 3. The van der Waals surface area contributed by atoms with Gasteiger partial charge in [0.15, 0.2) is 12.0 Å². The van der Waals surface area contributed by atoms with E-state index in [2.05, 4.69) is 13.8 Å². The molecule has 1 aromatic carbocycles. The van der Waals surface area contributed by atoms with Crippen LogP contribution in [0.1, 0.15) is 71.6 Å². The van der Waals surface area contributed by atoms with E-state index >= 15 is 0 Å². The lowest BCUT2D eigenvalue weighted by molar-refractivity contribution is -0.0466. The Balaban J connectivity index is 0. The fourth-order valence-electron chi connectivity index (χ4n) is 1.98. The van der Waals surface area contributed by atoms with E-state index in [0.29, 0.717) is 6.42 Å². The smallest absolute Gasteiger partial charge is 0.220 e. The Morgan fingerprint density at radius 3 is 1.96 bits per heavy atom. The van der Waals surface area contributed by atoms with Gasteiger partial charge in [0.2, 0.25) is 5.43 Å². The molecule has 1 rings (SSSR count). The summed E-state index contributed by atoms with van der Waals surface area (Å²) in [4.78, 5) is 10.6. The van der Waals surface area contributed by atoms with Gasteiger partial charge in [0.05, 0.1) is 12.7 Å². The molecule has 27 heavy (non-hydrogen) atoms.